The number of carbonyl (C=O) groups excluding carboxylic acids is 1. The number of likely N-dealkylation sites (N-methyl/N-ethyl adjacent to an activating group) is 1. The van der Waals surface area contributed by atoms with Crippen LogP contribution in [0, 0.1) is 5.82 Å². The molecule has 7 heteroatoms. The molecule has 2 N–H and O–H groups in total. The summed E-state index contributed by atoms with van der Waals surface area (Å²) in [7, 11) is 1.97. The van der Waals surface area contributed by atoms with Gasteiger partial charge in [0.1, 0.15) is 5.82 Å². The van der Waals surface area contributed by atoms with Crippen molar-refractivity contribution >= 4 is 29.7 Å². The topological polar surface area (TPSA) is 44.4 Å². The van der Waals surface area contributed by atoms with Gasteiger partial charge in [0.15, 0.2) is 0 Å². The van der Waals surface area contributed by atoms with Crippen molar-refractivity contribution < 1.29 is 9.18 Å². The molecule has 0 bridgehead atoms. The molecule has 0 spiro atoms. The Bertz CT molecular complexity index is 681. The van der Waals surface area contributed by atoms with Crippen LogP contribution in [0.15, 0.2) is 41.8 Å². The minimum atomic E-state index is -0.272. The SMILES string of the molecule is CNC1CCCN(CC(=O)NC(c2ccc(F)cc2)c2cccs2)C1.Cl. The van der Waals surface area contributed by atoms with E-state index in [2.05, 4.69) is 15.5 Å². The summed E-state index contributed by atoms with van der Waals surface area (Å²) in [5.74, 6) is -0.272. The molecule has 3 rings (SSSR count). The van der Waals surface area contributed by atoms with Gasteiger partial charge < -0.3 is 10.6 Å². The smallest absolute Gasteiger partial charge is 0.234 e. The molecule has 2 atom stereocenters. The number of rotatable bonds is 6. The van der Waals surface area contributed by atoms with Crippen LogP contribution in [0.25, 0.3) is 0 Å². The lowest BCUT2D eigenvalue weighted by Gasteiger charge is -2.32. The fourth-order valence-corrected chi connectivity index (χ4v) is 4.08. The Morgan fingerprint density at radius 1 is 1.35 bits per heavy atom. The number of carbonyl (C=O) groups is 1. The van der Waals surface area contributed by atoms with Crippen molar-refractivity contribution in [2.75, 3.05) is 26.7 Å². The van der Waals surface area contributed by atoms with E-state index < -0.39 is 0 Å². The van der Waals surface area contributed by atoms with E-state index in [1.807, 2.05) is 24.6 Å². The summed E-state index contributed by atoms with van der Waals surface area (Å²) < 4.78 is 13.2. The van der Waals surface area contributed by atoms with Crippen molar-refractivity contribution in [1.29, 1.82) is 0 Å². The maximum Gasteiger partial charge on any atom is 0.234 e. The quantitative estimate of drug-likeness (QED) is 0.786. The van der Waals surface area contributed by atoms with Gasteiger partial charge in [0.25, 0.3) is 0 Å². The normalized spacial score (nSPS) is 18.8. The number of thiophene rings is 1. The molecule has 1 aliphatic heterocycles. The van der Waals surface area contributed by atoms with Gasteiger partial charge in [-0.15, -0.1) is 23.7 Å². The standard InChI is InChI=1S/C19H24FN3OS.ClH/c1-21-16-4-2-10-23(12-16)13-18(24)22-19(17-5-3-11-25-17)14-6-8-15(20)9-7-14;/h3,5-9,11,16,19,21H,2,4,10,12-13H2,1H3,(H,22,24);1H. The van der Waals surface area contributed by atoms with Gasteiger partial charge in [-0.1, -0.05) is 18.2 Å². The van der Waals surface area contributed by atoms with Crippen molar-refractivity contribution in [3.8, 4) is 0 Å². The molecule has 0 aliphatic carbocycles. The van der Waals surface area contributed by atoms with Crippen LogP contribution in [0.5, 0.6) is 0 Å². The lowest BCUT2D eigenvalue weighted by molar-refractivity contribution is -0.123. The van der Waals surface area contributed by atoms with E-state index in [0.717, 1.165) is 36.4 Å². The Morgan fingerprint density at radius 2 is 2.12 bits per heavy atom. The number of hydrogen-bond donors (Lipinski definition) is 2. The number of hydrogen-bond acceptors (Lipinski definition) is 4. The van der Waals surface area contributed by atoms with Gasteiger partial charge in [-0.05, 0) is 55.6 Å². The highest BCUT2D eigenvalue weighted by atomic mass is 35.5. The van der Waals surface area contributed by atoms with E-state index in [4.69, 9.17) is 0 Å². The fourth-order valence-electron chi connectivity index (χ4n) is 3.27. The van der Waals surface area contributed by atoms with Crippen molar-refractivity contribution in [3.63, 3.8) is 0 Å². The summed E-state index contributed by atoms with van der Waals surface area (Å²) in [5.41, 5.74) is 0.893. The second kappa shape index (κ2) is 10.0. The number of nitrogens with zero attached hydrogens (tertiary/aromatic N) is 1. The molecule has 26 heavy (non-hydrogen) atoms. The molecule has 0 radical (unpaired) electrons. The summed E-state index contributed by atoms with van der Waals surface area (Å²) in [6, 6.07) is 10.5. The van der Waals surface area contributed by atoms with Crippen LogP contribution < -0.4 is 10.6 Å². The van der Waals surface area contributed by atoms with Crippen LogP contribution >= 0.6 is 23.7 Å². The fraction of sp³-hybridized carbons (Fsp3) is 0.421. The van der Waals surface area contributed by atoms with Crippen LogP contribution in [-0.4, -0.2) is 43.5 Å². The predicted molar refractivity (Wildman–Crippen MR) is 106 cm³/mol. The molecule has 2 heterocycles. The first-order valence-electron chi connectivity index (χ1n) is 8.63. The second-order valence-corrected chi connectivity index (χ2v) is 7.41. The first-order chi connectivity index (χ1) is 12.2. The lowest BCUT2D eigenvalue weighted by atomic mass is 10.0. The summed E-state index contributed by atoms with van der Waals surface area (Å²) in [6.07, 6.45) is 2.26. The third-order valence-electron chi connectivity index (χ3n) is 4.62. The molecule has 1 aromatic carbocycles. The van der Waals surface area contributed by atoms with Gasteiger partial charge in [0, 0.05) is 17.5 Å². The van der Waals surface area contributed by atoms with E-state index in [1.165, 1.54) is 12.1 Å². The minimum Gasteiger partial charge on any atom is -0.343 e. The van der Waals surface area contributed by atoms with Gasteiger partial charge in [0.05, 0.1) is 12.6 Å². The largest absolute Gasteiger partial charge is 0.343 e. The molecule has 2 aromatic rings. The molecule has 142 valence electrons. The lowest BCUT2D eigenvalue weighted by Crippen LogP contribution is -2.48. The highest BCUT2D eigenvalue weighted by Crippen LogP contribution is 2.26. The molecule has 0 saturated carbocycles. The Hall–Kier alpha value is -1.47. The van der Waals surface area contributed by atoms with Crippen LogP contribution in [-0.2, 0) is 4.79 Å². The number of halogens is 2. The summed E-state index contributed by atoms with van der Waals surface area (Å²) in [6.45, 7) is 2.23. The van der Waals surface area contributed by atoms with Gasteiger partial charge in [0.2, 0.25) is 5.91 Å². The predicted octanol–water partition coefficient (Wildman–Crippen LogP) is 3.20. The molecule has 1 fully saturated rings. The van der Waals surface area contributed by atoms with Crippen molar-refractivity contribution in [2.24, 2.45) is 0 Å². The highest BCUT2D eigenvalue weighted by Gasteiger charge is 2.23. The maximum absolute atomic E-state index is 13.2. The van der Waals surface area contributed by atoms with E-state index in [0.29, 0.717) is 12.6 Å². The summed E-state index contributed by atoms with van der Waals surface area (Å²) in [4.78, 5) is 15.8. The van der Waals surface area contributed by atoms with Gasteiger partial charge >= 0.3 is 0 Å². The highest BCUT2D eigenvalue weighted by molar-refractivity contribution is 7.10. The zero-order valence-corrected chi connectivity index (χ0v) is 16.4. The number of amides is 1. The van der Waals surface area contributed by atoms with Gasteiger partial charge in [-0.2, -0.15) is 0 Å². The summed E-state index contributed by atoms with van der Waals surface area (Å²) >= 11 is 1.59. The molecule has 1 amide bonds. The Morgan fingerprint density at radius 3 is 2.77 bits per heavy atom. The third-order valence-corrected chi connectivity index (χ3v) is 5.55. The molecule has 4 nitrogen and oxygen atoms in total. The van der Waals surface area contributed by atoms with E-state index in [9.17, 15) is 9.18 Å². The zero-order chi connectivity index (χ0) is 17.6. The maximum atomic E-state index is 13.2. The van der Waals surface area contributed by atoms with Crippen LogP contribution in [0.1, 0.15) is 29.3 Å². The molecule has 1 aromatic heterocycles. The van der Waals surface area contributed by atoms with Crippen molar-refractivity contribution in [2.45, 2.75) is 24.9 Å². The molecule has 2 unspecified atom stereocenters. The summed E-state index contributed by atoms with van der Waals surface area (Å²) in [5, 5.41) is 8.40. The Kier molecular flexibility index (Phi) is 8.03. The van der Waals surface area contributed by atoms with Crippen LogP contribution in [0.3, 0.4) is 0 Å². The Balaban J connectivity index is 0.00000243. The van der Waals surface area contributed by atoms with E-state index >= 15 is 0 Å². The average molecular weight is 398 g/mol. The van der Waals surface area contributed by atoms with Gasteiger partial charge in [-0.3, -0.25) is 9.69 Å². The number of piperidine rings is 1. The molecule has 1 saturated heterocycles. The first kappa shape index (κ1) is 20.8. The third kappa shape index (κ3) is 5.51. The average Bonchev–Trinajstić information content (AvgIpc) is 3.15. The number of benzene rings is 1. The van der Waals surface area contributed by atoms with Crippen LogP contribution in [0.4, 0.5) is 4.39 Å². The molecule has 1 aliphatic rings. The monoisotopic (exact) mass is 397 g/mol. The van der Waals surface area contributed by atoms with E-state index in [1.54, 1.807) is 23.5 Å². The molecular formula is C19H25ClFN3OS. The van der Waals surface area contributed by atoms with Gasteiger partial charge in [-0.25, -0.2) is 4.39 Å². The number of likely N-dealkylation sites (tertiary alicyclic amines) is 1. The zero-order valence-electron chi connectivity index (χ0n) is 14.8. The molecular weight excluding hydrogens is 373 g/mol. The number of nitrogens with one attached hydrogen (secondary N) is 2. The van der Waals surface area contributed by atoms with Crippen molar-refractivity contribution in [3.05, 3.63) is 58.0 Å². The van der Waals surface area contributed by atoms with E-state index in [-0.39, 0.29) is 30.2 Å². The Labute approximate surface area is 164 Å². The van der Waals surface area contributed by atoms with Crippen LogP contribution in [0.2, 0.25) is 0 Å². The second-order valence-electron chi connectivity index (χ2n) is 6.43. The first-order valence-corrected chi connectivity index (χ1v) is 9.51. The minimum absolute atomic E-state index is 0. The van der Waals surface area contributed by atoms with Crippen molar-refractivity contribution in [1.82, 2.24) is 15.5 Å².